The topological polar surface area (TPSA) is 59.5 Å². The third-order valence-corrected chi connectivity index (χ3v) is 8.09. The predicted molar refractivity (Wildman–Crippen MR) is 124 cm³/mol. The number of nitrogens with zero attached hydrogens (tertiary/aromatic N) is 2. The van der Waals surface area contributed by atoms with Crippen molar-refractivity contribution in [1.82, 2.24) is 4.98 Å². The second-order valence-corrected chi connectivity index (χ2v) is 10.7. The first-order valence-electron chi connectivity index (χ1n) is 9.65. The minimum Gasteiger partial charge on any atom is -0.487 e. The number of aryl methyl sites for hydroxylation is 3. The van der Waals surface area contributed by atoms with Crippen LogP contribution in [0.3, 0.4) is 0 Å². The van der Waals surface area contributed by atoms with Gasteiger partial charge in [-0.1, -0.05) is 41.4 Å². The van der Waals surface area contributed by atoms with E-state index in [1.807, 2.05) is 31.2 Å². The summed E-state index contributed by atoms with van der Waals surface area (Å²) in [5, 5.41) is 2.07. The molecule has 3 aromatic rings. The summed E-state index contributed by atoms with van der Waals surface area (Å²) in [5.74, 6) is 0.258. The van der Waals surface area contributed by atoms with E-state index in [1.165, 1.54) is 6.92 Å². The molecule has 0 saturated carbocycles. The molecule has 1 aromatic heterocycles. The first kappa shape index (κ1) is 23.5. The van der Waals surface area contributed by atoms with Crippen LogP contribution in [0, 0.1) is 20.8 Å². The van der Waals surface area contributed by atoms with Gasteiger partial charge < -0.3 is 4.74 Å². The molecule has 0 unspecified atom stereocenters. The second-order valence-electron chi connectivity index (χ2n) is 7.42. The number of thiazole rings is 1. The number of alkyl halides is 1. The summed E-state index contributed by atoms with van der Waals surface area (Å²) in [4.78, 5) is 4.11. The minimum atomic E-state index is -4.09. The lowest BCUT2D eigenvalue weighted by molar-refractivity contribution is 0.306. The zero-order valence-electron chi connectivity index (χ0n) is 17.7. The number of aromatic nitrogens is 1. The lowest BCUT2D eigenvalue weighted by Crippen LogP contribution is -2.36. The van der Waals surface area contributed by atoms with Crippen LogP contribution in [-0.4, -0.2) is 26.1 Å². The second kappa shape index (κ2) is 9.54. The molecule has 0 radical (unpaired) electrons. The molecule has 0 spiro atoms. The molecule has 0 aliphatic heterocycles. The van der Waals surface area contributed by atoms with Crippen molar-refractivity contribution < 1.29 is 17.5 Å². The van der Waals surface area contributed by atoms with Crippen LogP contribution >= 0.6 is 22.9 Å². The molecule has 0 bridgehead atoms. The van der Waals surface area contributed by atoms with Crippen molar-refractivity contribution in [3.05, 3.63) is 69.2 Å². The third-order valence-electron chi connectivity index (χ3n) is 4.55. The molecule has 31 heavy (non-hydrogen) atoms. The third kappa shape index (κ3) is 5.56. The lowest BCUT2D eigenvalue weighted by Gasteiger charge is -2.26. The molecular weight excluding hydrogens is 459 g/mol. The van der Waals surface area contributed by atoms with E-state index in [1.54, 1.807) is 31.4 Å². The van der Waals surface area contributed by atoms with Crippen LogP contribution in [0.2, 0.25) is 5.02 Å². The SMILES string of the molecule is Cc1ccc(COc2cc(Cl)c(C)cc2N(C[C@@H](C)F)S(=O)(=O)c2nc(C)cs2)cc1. The van der Waals surface area contributed by atoms with Crippen molar-refractivity contribution in [3.8, 4) is 5.75 Å². The van der Waals surface area contributed by atoms with Gasteiger partial charge in [0.25, 0.3) is 10.0 Å². The highest BCUT2D eigenvalue weighted by molar-refractivity contribution is 7.94. The van der Waals surface area contributed by atoms with Gasteiger partial charge in [0.2, 0.25) is 4.34 Å². The molecule has 0 saturated heterocycles. The van der Waals surface area contributed by atoms with Crippen LogP contribution in [-0.2, 0) is 16.6 Å². The maximum Gasteiger partial charge on any atom is 0.291 e. The van der Waals surface area contributed by atoms with E-state index in [-0.39, 0.29) is 28.9 Å². The van der Waals surface area contributed by atoms with Crippen molar-refractivity contribution >= 4 is 38.6 Å². The van der Waals surface area contributed by atoms with Gasteiger partial charge in [0.1, 0.15) is 18.5 Å². The van der Waals surface area contributed by atoms with Crippen molar-refractivity contribution in [2.45, 2.75) is 44.8 Å². The molecule has 3 rings (SSSR count). The number of hydrogen-bond acceptors (Lipinski definition) is 5. The minimum absolute atomic E-state index is 0.0947. The largest absolute Gasteiger partial charge is 0.487 e. The Morgan fingerprint density at radius 2 is 1.87 bits per heavy atom. The Balaban J connectivity index is 2.05. The molecule has 1 atom stereocenters. The molecule has 166 valence electrons. The molecular formula is C22H24ClFN2O3S2. The molecule has 9 heteroatoms. The summed E-state index contributed by atoms with van der Waals surface area (Å²) in [6, 6.07) is 11.0. The fourth-order valence-electron chi connectivity index (χ4n) is 2.90. The van der Waals surface area contributed by atoms with Crippen LogP contribution in [0.4, 0.5) is 10.1 Å². The van der Waals surface area contributed by atoms with Crippen LogP contribution in [0.25, 0.3) is 0 Å². The van der Waals surface area contributed by atoms with Crippen molar-refractivity contribution in [2.24, 2.45) is 0 Å². The maximum absolute atomic E-state index is 14.1. The number of halogens is 2. The zero-order valence-corrected chi connectivity index (χ0v) is 20.1. The Hall–Kier alpha value is -2.16. The quantitative estimate of drug-likeness (QED) is 0.404. The van der Waals surface area contributed by atoms with E-state index >= 15 is 0 Å². The Kier molecular flexibility index (Phi) is 7.24. The first-order chi connectivity index (χ1) is 14.6. The average molecular weight is 483 g/mol. The van der Waals surface area contributed by atoms with Gasteiger partial charge in [-0.25, -0.2) is 9.37 Å². The van der Waals surface area contributed by atoms with Crippen molar-refractivity contribution in [3.63, 3.8) is 0 Å². The van der Waals surface area contributed by atoms with Crippen molar-refractivity contribution in [2.75, 3.05) is 10.8 Å². The number of sulfonamides is 1. The highest BCUT2D eigenvalue weighted by Gasteiger charge is 2.32. The number of anilines is 1. The number of ether oxygens (including phenoxy) is 1. The molecule has 0 aliphatic rings. The van der Waals surface area contributed by atoms with Crippen LogP contribution in [0.15, 0.2) is 46.1 Å². The van der Waals surface area contributed by atoms with E-state index in [0.717, 1.165) is 26.8 Å². The van der Waals surface area contributed by atoms with E-state index in [0.29, 0.717) is 16.3 Å². The van der Waals surface area contributed by atoms with Gasteiger partial charge in [-0.05, 0) is 44.9 Å². The van der Waals surface area contributed by atoms with Crippen molar-refractivity contribution in [1.29, 1.82) is 0 Å². The standard InChI is InChI=1S/C22H24ClFN2O3S2/c1-14-5-7-18(8-6-14)12-29-21-10-19(23)15(2)9-20(21)26(11-16(3)24)31(27,28)22-25-17(4)13-30-22/h5-10,13,16H,11-12H2,1-4H3/t16-/m1/s1. The molecule has 0 amide bonds. The predicted octanol–water partition coefficient (Wildman–Crippen LogP) is 5.85. The van der Waals surface area contributed by atoms with E-state index < -0.39 is 16.2 Å². The summed E-state index contributed by atoms with van der Waals surface area (Å²) in [7, 11) is -4.09. The van der Waals surface area contributed by atoms with Crippen LogP contribution in [0.5, 0.6) is 5.75 Å². The van der Waals surface area contributed by atoms with Gasteiger partial charge in [-0.15, -0.1) is 11.3 Å². The van der Waals surface area contributed by atoms with Gasteiger partial charge in [0.05, 0.1) is 12.2 Å². The Labute approximate surface area is 191 Å². The van der Waals surface area contributed by atoms with Crippen LogP contribution < -0.4 is 9.04 Å². The normalized spacial score (nSPS) is 12.6. The smallest absolute Gasteiger partial charge is 0.291 e. The van der Waals surface area contributed by atoms with E-state index in [4.69, 9.17) is 16.3 Å². The van der Waals surface area contributed by atoms with Gasteiger partial charge >= 0.3 is 0 Å². The van der Waals surface area contributed by atoms with Gasteiger partial charge in [-0.3, -0.25) is 4.31 Å². The molecule has 1 heterocycles. The van der Waals surface area contributed by atoms with Gasteiger partial charge in [0.15, 0.2) is 0 Å². The van der Waals surface area contributed by atoms with E-state index in [2.05, 4.69) is 4.98 Å². The molecule has 0 aliphatic carbocycles. The Bertz CT molecular complexity index is 1160. The summed E-state index contributed by atoms with van der Waals surface area (Å²) in [6.45, 7) is 6.60. The Morgan fingerprint density at radius 1 is 1.19 bits per heavy atom. The summed E-state index contributed by atoms with van der Waals surface area (Å²) < 4.78 is 47.7. The summed E-state index contributed by atoms with van der Waals surface area (Å²) in [5.41, 5.74) is 3.50. The summed E-state index contributed by atoms with van der Waals surface area (Å²) in [6.07, 6.45) is -1.41. The fraction of sp³-hybridized carbons (Fsp3) is 0.318. The highest BCUT2D eigenvalue weighted by Crippen LogP contribution is 2.38. The average Bonchev–Trinajstić information content (AvgIpc) is 3.15. The molecule has 0 N–H and O–H groups in total. The van der Waals surface area contributed by atoms with E-state index in [9.17, 15) is 12.8 Å². The van der Waals surface area contributed by atoms with Gasteiger partial charge in [-0.2, -0.15) is 8.42 Å². The Morgan fingerprint density at radius 3 is 2.45 bits per heavy atom. The number of benzene rings is 2. The van der Waals surface area contributed by atoms with Crippen LogP contribution in [0.1, 0.15) is 29.3 Å². The number of hydrogen-bond donors (Lipinski definition) is 0. The molecule has 5 nitrogen and oxygen atoms in total. The fourth-order valence-corrected chi connectivity index (χ4v) is 5.73. The monoisotopic (exact) mass is 482 g/mol. The first-order valence-corrected chi connectivity index (χ1v) is 12.3. The summed E-state index contributed by atoms with van der Waals surface area (Å²) >= 11 is 7.30. The lowest BCUT2D eigenvalue weighted by atomic mass is 10.1. The highest BCUT2D eigenvalue weighted by atomic mass is 35.5. The molecule has 2 aromatic carbocycles. The molecule has 0 fully saturated rings. The number of rotatable bonds is 8. The maximum atomic E-state index is 14.1. The van der Waals surface area contributed by atoms with Gasteiger partial charge in [0, 0.05) is 22.2 Å². The zero-order chi connectivity index (χ0) is 22.8.